The summed E-state index contributed by atoms with van der Waals surface area (Å²) >= 11 is 0. The van der Waals surface area contributed by atoms with Crippen molar-refractivity contribution < 1.29 is 35.9 Å². The maximum absolute atomic E-state index is 13.4. The van der Waals surface area contributed by atoms with E-state index >= 15 is 0 Å². The third kappa shape index (κ3) is 4.24. The number of carbonyl (C=O) groups excluding carboxylic acids is 1. The number of rotatable bonds is 4. The molecule has 2 rings (SSSR count). The van der Waals surface area contributed by atoms with E-state index in [0.717, 1.165) is 31.2 Å². The highest BCUT2D eigenvalue weighted by Gasteiger charge is 2.38. The van der Waals surface area contributed by atoms with Crippen molar-refractivity contribution in [1.82, 2.24) is 0 Å². The van der Waals surface area contributed by atoms with E-state index in [1.165, 1.54) is 13.2 Å². The maximum Gasteiger partial charge on any atom is 0.417 e. The molecule has 0 unspecified atom stereocenters. The Kier molecular flexibility index (Phi) is 5.46. The van der Waals surface area contributed by atoms with Gasteiger partial charge in [0.05, 0.1) is 17.7 Å². The van der Waals surface area contributed by atoms with Crippen LogP contribution in [0.3, 0.4) is 0 Å². The van der Waals surface area contributed by atoms with Crippen LogP contribution in [-0.2, 0) is 23.7 Å². The number of ketones is 1. The van der Waals surface area contributed by atoms with Gasteiger partial charge in [0, 0.05) is 12.7 Å². The predicted octanol–water partition coefficient (Wildman–Crippen LogP) is 5.74. The molecule has 0 saturated carbocycles. The lowest BCUT2D eigenvalue weighted by molar-refractivity contribution is -0.139. The zero-order valence-electron chi connectivity index (χ0n) is 13.8. The lowest BCUT2D eigenvalue weighted by atomic mass is 9.91. The molecule has 0 heterocycles. The van der Waals surface area contributed by atoms with Gasteiger partial charge in [-0.15, -0.1) is 0 Å². The molecule has 0 atom stereocenters. The number of hydrogen-bond donors (Lipinski definition) is 0. The van der Waals surface area contributed by atoms with Gasteiger partial charge in [-0.2, -0.15) is 26.3 Å². The lowest BCUT2D eigenvalue weighted by Crippen LogP contribution is -2.13. The monoisotopic (exact) mass is 376 g/mol. The van der Waals surface area contributed by atoms with E-state index in [0.29, 0.717) is 6.07 Å². The van der Waals surface area contributed by atoms with E-state index < -0.39 is 40.4 Å². The van der Waals surface area contributed by atoms with Gasteiger partial charge in [0.25, 0.3) is 0 Å². The number of halogens is 6. The molecule has 26 heavy (non-hydrogen) atoms. The van der Waals surface area contributed by atoms with Crippen LogP contribution in [0.2, 0.25) is 0 Å². The van der Waals surface area contributed by atoms with E-state index in [2.05, 4.69) is 0 Å². The van der Waals surface area contributed by atoms with Crippen molar-refractivity contribution >= 4 is 5.78 Å². The number of Topliss-reactive ketones (excluding diaryl/α,β-unsaturated/α-hetero) is 1. The van der Waals surface area contributed by atoms with Crippen molar-refractivity contribution in [3.63, 3.8) is 0 Å². The molecule has 140 valence electrons. The van der Waals surface area contributed by atoms with Crippen molar-refractivity contribution in [3.8, 4) is 11.1 Å². The molecule has 0 spiro atoms. The van der Waals surface area contributed by atoms with Crippen molar-refractivity contribution in [2.24, 2.45) is 0 Å². The number of alkyl halides is 6. The zero-order valence-corrected chi connectivity index (χ0v) is 13.8. The molecule has 8 heteroatoms. The molecule has 0 N–H and O–H groups in total. The highest BCUT2D eigenvalue weighted by Crippen LogP contribution is 2.43. The quantitative estimate of drug-likeness (QED) is 0.502. The molecule has 0 bridgehead atoms. The Hall–Kier alpha value is -2.35. The zero-order chi connectivity index (χ0) is 19.7. The van der Waals surface area contributed by atoms with Crippen LogP contribution in [0.1, 0.15) is 34.0 Å². The first-order chi connectivity index (χ1) is 11.9. The second-order valence-electron chi connectivity index (χ2n) is 5.63. The minimum Gasteiger partial charge on any atom is -0.380 e. The molecular formula is C18H14F6O2. The summed E-state index contributed by atoms with van der Waals surface area (Å²) in [6.45, 7) is 0.967. The Labute approximate surface area is 145 Å². The van der Waals surface area contributed by atoms with Crippen molar-refractivity contribution in [3.05, 3.63) is 58.7 Å². The Morgan fingerprint density at radius 2 is 1.38 bits per heavy atom. The first kappa shape index (κ1) is 20.0. The minimum atomic E-state index is -4.92. The van der Waals surface area contributed by atoms with Crippen LogP contribution in [0.25, 0.3) is 11.1 Å². The van der Waals surface area contributed by atoms with Crippen LogP contribution >= 0.6 is 0 Å². The Bertz CT molecular complexity index is 821. The molecule has 0 aliphatic rings. The van der Waals surface area contributed by atoms with E-state index in [1.54, 1.807) is 0 Å². The molecule has 2 nitrogen and oxygen atoms in total. The van der Waals surface area contributed by atoms with Crippen molar-refractivity contribution in [1.29, 1.82) is 0 Å². The van der Waals surface area contributed by atoms with Gasteiger partial charge in [0.1, 0.15) is 0 Å². The standard InChI is InChI=1S/C18H14F6O2/c1-10(25)12-4-6-14(16(8-12)18(22,23)24)13-5-3-11(9-26-2)7-15(13)17(19,20)21/h3-8H,9H2,1-2H3. The molecule has 0 radical (unpaired) electrons. The minimum absolute atomic E-state index is 0.112. The fourth-order valence-electron chi connectivity index (χ4n) is 2.55. The third-order valence-electron chi connectivity index (χ3n) is 3.72. The molecule has 0 saturated heterocycles. The number of hydrogen-bond acceptors (Lipinski definition) is 2. The molecule has 0 aromatic heterocycles. The Morgan fingerprint density at radius 1 is 0.885 bits per heavy atom. The molecule has 0 aliphatic heterocycles. The van der Waals surface area contributed by atoms with Gasteiger partial charge in [0.15, 0.2) is 5.78 Å². The van der Waals surface area contributed by atoms with Gasteiger partial charge in [-0.25, -0.2) is 0 Å². The summed E-state index contributed by atoms with van der Waals surface area (Å²) < 4.78 is 85.2. The second-order valence-corrected chi connectivity index (χ2v) is 5.63. The van der Waals surface area contributed by atoms with Gasteiger partial charge in [-0.3, -0.25) is 4.79 Å². The van der Waals surface area contributed by atoms with Crippen LogP contribution < -0.4 is 0 Å². The number of ether oxygens (including phenoxy) is 1. The van der Waals surface area contributed by atoms with Crippen LogP contribution in [0, 0.1) is 0 Å². The van der Waals surface area contributed by atoms with Gasteiger partial charge in [-0.05, 0) is 35.7 Å². The lowest BCUT2D eigenvalue weighted by Gasteiger charge is -2.19. The smallest absolute Gasteiger partial charge is 0.380 e. The Morgan fingerprint density at radius 3 is 1.85 bits per heavy atom. The summed E-state index contributed by atoms with van der Waals surface area (Å²) in [5.74, 6) is -0.617. The van der Waals surface area contributed by atoms with Crippen LogP contribution in [0.5, 0.6) is 0 Å². The highest BCUT2D eigenvalue weighted by molar-refractivity contribution is 5.95. The predicted molar refractivity (Wildman–Crippen MR) is 82.6 cm³/mol. The van der Waals surface area contributed by atoms with Crippen LogP contribution in [0.4, 0.5) is 26.3 Å². The van der Waals surface area contributed by atoms with Gasteiger partial charge in [-0.1, -0.05) is 24.3 Å². The number of benzene rings is 2. The molecule has 0 amide bonds. The fourth-order valence-corrected chi connectivity index (χ4v) is 2.55. The van der Waals surface area contributed by atoms with Gasteiger partial charge >= 0.3 is 12.4 Å². The van der Waals surface area contributed by atoms with Crippen LogP contribution in [-0.4, -0.2) is 12.9 Å². The van der Waals surface area contributed by atoms with Crippen LogP contribution in [0.15, 0.2) is 36.4 Å². The summed E-state index contributed by atoms with van der Waals surface area (Å²) in [6, 6.07) is 5.55. The number of methoxy groups -OCH3 is 1. The summed E-state index contributed by atoms with van der Waals surface area (Å²) in [7, 11) is 1.30. The van der Waals surface area contributed by atoms with E-state index in [1.807, 2.05) is 0 Å². The summed E-state index contributed by atoms with van der Waals surface area (Å²) in [5, 5.41) is 0. The largest absolute Gasteiger partial charge is 0.417 e. The van der Waals surface area contributed by atoms with E-state index in [4.69, 9.17) is 4.74 Å². The average Bonchev–Trinajstić information content (AvgIpc) is 2.53. The molecule has 0 aliphatic carbocycles. The molecular weight excluding hydrogens is 362 g/mol. The topological polar surface area (TPSA) is 26.3 Å². The molecule has 2 aromatic rings. The normalized spacial score (nSPS) is 12.3. The summed E-state index contributed by atoms with van der Waals surface area (Å²) in [4.78, 5) is 11.4. The first-order valence-electron chi connectivity index (χ1n) is 7.36. The van der Waals surface area contributed by atoms with E-state index in [9.17, 15) is 31.1 Å². The highest BCUT2D eigenvalue weighted by atomic mass is 19.4. The Balaban J connectivity index is 2.77. The van der Waals surface area contributed by atoms with Crippen molar-refractivity contribution in [2.45, 2.75) is 25.9 Å². The van der Waals surface area contributed by atoms with Gasteiger partial charge in [0.2, 0.25) is 0 Å². The maximum atomic E-state index is 13.4. The summed E-state index contributed by atoms with van der Waals surface area (Å²) in [5.41, 5.74) is -3.80. The first-order valence-corrected chi connectivity index (χ1v) is 7.36. The van der Waals surface area contributed by atoms with Crippen molar-refractivity contribution in [2.75, 3.05) is 7.11 Å². The fraction of sp³-hybridized carbons (Fsp3) is 0.278. The van der Waals surface area contributed by atoms with Gasteiger partial charge < -0.3 is 4.74 Å². The molecule has 2 aromatic carbocycles. The third-order valence-corrected chi connectivity index (χ3v) is 3.72. The number of carbonyl (C=O) groups is 1. The van der Waals surface area contributed by atoms with E-state index in [-0.39, 0.29) is 17.7 Å². The SMILES string of the molecule is COCc1ccc(-c2ccc(C(C)=O)cc2C(F)(F)F)c(C(F)(F)F)c1. The second kappa shape index (κ2) is 7.11. The summed E-state index contributed by atoms with van der Waals surface area (Å²) in [6.07, 6.45) is -9.78. The molecule has 0 fully saturated rings. The average molecular weight is 376 g/mol.